The molecule has 1 aromatic heterocycles. The van der Waals surface area contributed by atoms with Crippen LogP contribution in [0.3, 0.4) is 0 Å². The highest BCUT2D eigenvalue weighted by Crippen LogP contribution is 2.28. The summed E-state index contributed by atoms with van der Waals surface area (Å²) in [5, 5.41) is 3.18. The van der Waals surface area contributed by atoms with Crippen molar-refractivity contribution in [3.63, 3.8) is 0 Å². The van der Waals surface area contributed by atoms with E-state index in [0.717, 1.165) is 23.3 Å². The number of benzene rings is 1. The number of amides is 3. The Morgan fingerprint density at radius 3 is 2.33 bits per heavy atom. The third-order valence-corrected chi connectivity index (χ3v) is 4.75. The molecule has 3 N–H and O–H groups in total. The third-order valence-electron chi connectivity index (χ3n) is 3.37. The van der Waals surface area contributed by atoms with Crippen molar-refractivity contribution < 1.29 is 14.4 Å². The molecule has 1 heterocycles. The van der Waals surface area contributed by atoms with Crippen molar-refractivity contribution in [2.75, 3.05) is 0 Å². The van der Waals surface area contributed by atoms with Gasteiger partial charge in [-0.05, 0) is 42.7 Å². The molecule has 0 unspecified atom stereocenters. The normalized spacial score (nSPS) is 13.2. The summed E-state index contributed by atoms with van der Waals surface area (Å²) in [7, 11) is 0. The second kappa shape index (κ2) is 7.02. The third kappa shape index (κ3) is 4.12. The van der Waals surface area contributed by atoms with Gasteiger partial charge in [0.1, 0.15) is 0 Å². The number of rotatable bonds is 3. The monoisotopic (exact) mass is 363 g/mol. The van der Waals surface area contributed by atoms with Gasteiger partial charge < -0.3 is 5.32 Å². The summed E-state index contributed by atoms with van der Waals surface area (Å²) in [4.78, 5) is 36.4. The first-order valence-electron chi connectivity index (χ1n) is 7.30. The van der Waals surface area contributed by atoms with E-state index in [9.17, 15) is 14.4 Å². The molecule has 2 aromatic rings. The predicted molar refractivity (Wildman–Crippen MR) is 91.5 cm³/mol. The van der Waals surface area contributed by atoms with E-state index in [1.807, 2.05) is 18.2 Å². The number of nitrogens with one attached hydrogen (secondary N) is 3. The molecular weight excluding hydrogens is 350 g/mol. The van der Waals surface area contributed by atoms with Gasteiger partial charge in [0.25, 0.3) is 5.91 Å². The summed E-state index contributed by atoms with van der Waals surface area (Å²) in [5.41, 5.74) is 5.29. The highest BCUT2D eigenvalue weighted by Gasteiger charge is 2.26. The van der Waals surface area contributed by atoms with Crippen molar-refractivity contribution in [1.82, 2.24) is 16.2 Å². The van der Waals surface area contributed by atoms with E-state index in [2.05, 4.69) is 16.2 Å². The highest BCUT2D eigenvalue weighted by atomic mass is 35.5. The summed E-state index contributed by atoms with van der Waals surface area (Å²) in [6.07, 6.45) is 1.77. The molecule has 0 radical (unpaired) electrons. The second-order valence-corrected chi connectivity index (χ2v) is 6.85. The molecule has 0 spiro atoms. The van der Waals surface area contributed by atoms with Crippen LogP contribution in [0.1, 0.15) is 22.5 Å². The number of halogens is 1. The van der Waals surface area contributed by atoms with Gasteiger partial charge in [0.15, 0.2) is 0 Å². The van der Waals surface area contributed by atoms with E-state index in [0.29, 0.717) is 9.90 Å². The zero-order chi connectivity index (χ0) is 17.1. The first-order chi connectivity index (χ1) is 11.5. The van der Waals surface area contributed by atoms with Gasteiger partial charge >= 0.3 is 11.8 Å². The Labute approximate surface area is 147 Å². The maximum absolute atomic E-state index is 12.0. The molecule has 0 atom stereocenters. The fourth-order valence-electron chi connectivity index (χ4n) is 1.94. The summed E-state index contributed by atoms with van der Waals surface area (Å²) in [5.74, 6) is -2.11. The molecule has 1 aliphatic rings. The molecule has 1 aliphatic carbocycles. The van der Waals surface area contributed by atoms with Crippen LogP contribution in [-0.4, -0.2) is 23.8 Å². The van der Waals surface area contributed by atoms with Crippen molar-refractivity contribution in [3.8, 4) is 10.4 Å². The van der Waals surface area contributed by atoms with Crippen molar-refractivity contribution in [3.05, 3.63) is 46.3 Å². The summed E-state index contributed by atoms with van der Waals surface area (Å²) in [6.45, 7) is 0. The van der Waals surface area contributed by atoms with Crippen LogP contribution in [0.25, 0.3) is 10.4 Å². The van der Waals surface area contributed by atoms with Crippen LogP contribution in [0.4, 0.5) is 0 Å². The molecule has 124 valence electrons. The molecular formula is C16H14ClN3O3S. The van der Waals surface area contributed by atoms with Crippen molar-refractivity contribution in [2.45, 2.75) is 18.9 Å². The first kappa shape index (κ1) is 16.5. The molecule has 0 bridgehead atoms. The van der Waals surface area contributed by atoms with Gasteiger partial charge in [-0.1, -0.05) is 23.7 Å². The van der Waals surface area contributed by atoms with Gasteiger partial charge in [-0.25, -0.2) is 0 Å². The topological polar surface area (TPSA) is 87.3 Å². The Kier molecular flexibility index (Phi) is 4.82. The summed E-state index contributed by atoms with van der Waals surface area (Å²) in [6, 6.07) is 10.8. The standard InChI is InChI=1S/C16H14ClN3O3S/c17-10-3-1-9(2-4-10)12-7-8-13(24-12)14(21)19-20-16(23)15(22)18-11-5-6-11/h1-4,7-8,11H,5-6H2,(H,18,22)(H,19,21)(H,20,23). The Bertz CT molecular complexity index is 784. The van der Waals surface area contributed by atoms with Crippen molar-refractivity contribution in [2.24, 2.45) is 0 Å². The average Bonchev–Trinajstić information content (AvgIpc) is 3.25. The number of carbonyl (C=O) groups is 3. The Morgan fingerprint density at radius 2 is 1.67 bits per heavy atom. The molecule has 6 nitrogen and oxygen atoms in total. The quantitative estimate of drug-likeness (QED) is 0.576. The molecule has 1 fully saturated rings. The molecule has 1 aromatic carbocycles. The maximum atomic E-state index is 12.0. The van der Waals surface area contributed by atoms with Gasteiger partial charge in [0.2, 0.25) is 0 Å². The van der Waals surface area contributed by atoms with Gasteiger partial charge in [-0.2, -0.15) is 0 Å². The van der Waals surface area contributed by atoms with Crippen LogP contribution in [0.2, 0.25) is 5.02 Å². The lowest BCUT2D eigenvalue weighted by molar-refractivity contribution is -0.139. The lowest BCUT2D eigenvalue weighted by atomic mass is 10.2. The van der Waals surface area contributed by atoms with Gasteiger partial charge in [-0.3, -0.25) is 25.2 Å². The van der Waals surface area contributed by atoms with Gasteiger partial charge in [0, 0.05) is 15.9 Å². The van der Waals surface area contributed by atoms with Gasteiger partial charge in [-0.15, -0.1) is 11.3 Å². The number of hydrogen-bond donors (Lipinski definition) is 3. The van der Waals surface area contributed by atoms with E-state index in [4.69, 9.17) is 11.6 Å². The zero-order valence-electron chi connectivity index (χ0n) is 12.5. The van der Waals surface area contributed by atoms with E-state index >= 15 is 0 Å². The molecule has 24 heavy (non-hydrogen) atoms. The van der Waals surface area contributed by atoms with Crippen molar-refractivity contribution >= 4 is 40.7 Å². The van der Waals surface area contributed by atoms with Crippen LogP contribution in [0.5, 0.6) is 0 Å². The second-order valence-electron chi connectivity index (χ2n) is 5.33. The molecule has 8 heteroatoms. The Balaban J connectivity index is 1.56. The molecule has 3 rings (SSSR count). The fraction of sp³-hybridized carbons (Fsp3) is 0.188. The molecule has 0 aliphatic heterocycles. The minimum Gasteiger partial charge on any atom is -0.345 e. The lowest BCUT2D eigenvalue weighted by Crippen LogP contribution is -2.48. The zero-order valence-corrected chi connectivity index (χ0v) is 14.0. The maximum Gasteiger partial charge on any atom is 0.327 e. The molecule has 0 saturated heterocycles. The minimum absolute atomic E-state index is 0.0816. The van der Waals surface area contributed by atoms with E-state index in [1.165, 1.54) is 11.3 Å². The Morgan fingerprint density at radius 1 is 0.958 bits per heavy atom. The fourth-order valence-corrected chi connectivity index (χ4v) is 2.97. The van der Waals surface area contributed by atoms with E-state index in [1.54, 1.807) is 18.2 Å². The van der Waals surface area contributed by atoms with Crippen molar-refractivity contribution in [1.29, 1.82) is 0 Å². The van der Waals surface area contributed by atoms with Crippen LogP contribution in [0, 0.1) is 0 Å². The Hall–Kier alpha value is -2.38. The first-order valence-corrected chi connectivity index (χ1v) is 8.49. The number of carbonyl (C=O) groups excluding carboxylic acids is 3. The van der Waals surface area contributed by atoms with Gasteiger partial charge in [0.05, 0.1) is 4.88 Å². The summed E-state index contributed by atoms with van der Waals surface area (Å²) < 4.78 is 0. The number of hydrazine groups is 1. The average molecular weight is 364 g/mol. The van der Waals surface area contributed by atoms with Crippen LogP contribution >= 0.6 is 22.9 Å². The lowest BCUT2D eigenvalue weighted by Gasteiger charge is -2.06. The van der Waals surface area contributed by atoms with Crippen LogP contribution in [0.15, 0.2) is 36.4 Å². The minimum atomic E-state index is -0.885. The SMILES string of the molecule is O=C(NNC(=O)c1ccc(-c2ccc(Cl)cc2)s1)C(=O)NC1CC1. The largest absolute Gasteiger partial charge is 0.345 e. The number of thiophene rings is 1. The van der Waals surface area contributed by atoms with E-state index in [-0.39, 0.29) is 6.04 Å². The highest BCUT2D eigenvalue weighted by molar-refractivity contribution is 7.17. The molecule has 3 amide bonds. The van der Waals surface area contributed by atoms with E-state index < -0.39 is 17.7 Å². The molecule has 1 saturated carbocycles. The summed E-state index contributed by atoms with van der Waals surface area (Å²) >= 11 is 7.13. The van der Waals surface area contributed by atoms with Crippen LogP contribution < -0.4 is 16.2 Å². The van der Waals surface area contributed by atoms with Crippen LogP contribution in [-0.2, 0) is 9.59 Å². The predicted octanol–water partition coefficient (Wildman–Crippen LogP) is 2.11. The smallest absolute Gasteiger partial charge is 0.327 e. The number of hydrogen-bond acceptors (Lipinski definition) is 4.